The van der Waals surface area contributed by atoms with Gasteiger partial charge >= 0.3 is 0 Å². The summed E-state index contributed by atoms with van der Waals surface area (Å²) in [7, 11) is 2.12. The molecule has 16 heavy (non-hydrogen) atoms. The van der Waals surface area contributed by atoms with Crippen LogP contribution >= 0.6 is 0 Å². The molecule has 0 aliphatic rings. The summed E-state index contributed by atoms with van der Waals surface area (Å²) < 4.78 is 0. The van der Waals surface area contributed by atoms with Gasteiger partial charge in [-0.15, -0.1) is 0 Å². The first-order valence-electron chi connectivity index (χ1n) is 5.81. The molecule has 0 atom stereocenters. The van der Waals surface area contributed by atoms with Crippen molar-refractivity contribution in [1.82, 2.24) is 9.88 Å². The predicted molar refractivity (Wildman–Crippen MR) is 69.3 cm³/mol. The van der Waals surface area contributed by atoms with Gasteiger partial charge in [-0.3, -0.25) is 4.98 Å². The molecule has 0 fully saturated rings. The van der Waals surface area contributed by atoms with Gasteiger partial charge in [-0.25, -0.2) is 0 Å². The molecule has 0 bridgehead atoms. The first-order chi connectivity index (χ1) is 7.41. The molecule has 3 nitrogen and oxygen atoms in total. The van der Waals surface area contributed by atoms with Crippen molar-refractivity contribution < 1.29 is 0 Å². The van der Waals surface area contributed by atoms with Gasteiger partial charge in [-0.2, -0.15) is 0 Å². The van der Waals surface area contributed by atoms with Gasteiger partial charge in [0.15, 0.2) is 0 Å². The summed E-state index contributed by atoms with van der Waals surface area (Å²) in [5, 5.41) is 0. The highest BCUT2D eigenvalue weighted by Crippen LogP contribution is 2.18. The minimum Gasteiger partial charge on any atom is -0.398 e. The summed E-state index contributed by atoms with van der Waals surface area (Å²) >= 11 is 0. The molecule has 90 valence electrons. The fourth-order valence-corrected chi connectivity index (χ4v) is 1.90. The Balaban J connectivity index is 2.78. The molecule has 1 aromatic rings. The minimum atomic E-state index is 0.674. The van der Waals surface area contributed by atoms with Crippen LogP contribution in [0.1, 0.15) is 30.7 Å². The van der Waals surface area contributed by atoms with Crippen molar-refractivity contribution in [3.8, 4) is 0 Å². The summed E-state index contributed by atoms with van der Waals surface area (Å²) in [5.41, 5.74) is 10.2. The highest BCUT2D eigenvalue weighted by Gasteiger charge is 2.09. The lowest BCUT2D eigenvalue weighted by Gasteiger charge is -2.20. The Hall–Kier alpha value is -1.09. The van der Waals surface area contributed by atoms with E-state index in [4.69, 9.17) is 5.73 Å². The number of aryl methyl sites for hydroxylation is 1. The van der Waals surface area contributed by atoms with E-state index in [0.717, 1.165) is 35.6 Å². The van der Waals surface area contributed by atoms with Crippen LogP contribution in [0.3, 0.4) is 0 Å². The van der Waals surface area contributed by atoms with Crippen molar-refractivity contribution in [1.29, 1.82) is 0 Å². The molecule has 0 aliphatic carbocycles. The fraction of sp³-hybridized carbons (Fsp3) is 0.615. The smallest absolute Gasteiger partial charge is 0.0593 e. The third kappa shape index (κ3) is 3.20. The molecular weight excluding hydrogens is 198 g/mol. The molecule has 1 aromatic heterocycles. The third-order valence-electron chi connectivity index (χ3n) is 2.77. The standard InChI is InChI=1S/C13H23N3/c1-9(2)7-16(5)8-12-11(4)13(14)10(3)6-15-12/h6,9H,7-8H2,1-5H3,(H2,14,15). The number of hydrogen-bond donors (Lipinski definition) is 1. The average molecular weight is 221 g/mol. The molecule has 0 radical (unpaired) electrons. The van der Waals surface area contributed by atoms with E-state index in [1.165, 1.54) is 0 Å². The molecular formula is C13H23N3. The van der Waals surface area contributed by atoms with Crippen LogP contribution in [-0.4, -0.2) is 23.5 Å². The minimum absolute atomic E-state index is 0.674. The van der Waals surface area contributed by atoms with Gasteiger partial charge in [-0.1, -0.05) is 13.8 Å². The number of nitrogen functional groups attached to an aromatic ring is 1. The van der Waals surface area contributed by atoms with Crippen molar-refractivity contribution in [2.75, 3.05) is 19.3 Å². The van der Waals surface area contributed by atoms with Crippen LogP contribution in [0.2, 0.25) is 0 Å². The first-order valence-corrected chi connectivity index (χ1v) is 5.81. The van der Waals surface area contributed by atoms with E-state index < -0.39 is 0 Å². The fourth-order valence-electron chi connectivity index (χ4n) is 1.90. The molecule has 0 saturated carbocycles. The van der Waals surface area contributed by atoms with E-state index in [1.54, 1.807) is 0 Å². The van der Waals surface area contributed by atoms with Crippen LogP contribution in [0.25, 0.3) is 0 Å². The Morgan fingerprint density at radius 1 is 1.38 bits per heavy atom. The molecule has 0 aromatic carbocycles. The third-order valence-corrected chi connectivity index (χ3v) is 2.77. The zero-order chi connectivity index (χ0) is 12.3. The van der Waals surface area contributed by atoms with Crippen LogP contribution in [0.15, 0.2) is 6.20 Å². The maximum absolute atomic E-state index is 6.00. The second-order valence-electron chi connectivity index (χ2n) is 5.02. The Labute approximate surface area is 98.7 Å². The van der Waals surface area contributed by atoms with E-state index in [1.807, 2.05) is 20.0 Å². The van der Waals surface area contributed by atoms with Crippen LogP contribution in [0.5, 0.6) is 0 Å². The van der Waals surface area contributed by atoms with Crippen molar-refractivity contribution >= 4 is 5.69 Å². The highest BCUT2D eigenvalue weighted by molar-refractivity contribution is 5.53. The van der Waals surface area contributed by atoms with Crippen LogP contribution < -0.4 is 5.73 Å². The van der Waals surface area contributed by atoms with E-state index in [0.29, 0.717) is 5.92 Å². The zero-order valence-corrected chi connectivity index (χ0v) is 11.0. The number of rotatable bonds is 4. The monoisotopic (exact) mass is 221 g/mol. The van der Waals surface area contributed by atoms with E-state index >= 15 is 0 Å². The van der Waals surface area contributed by atoms with Gasteiger partial charge in [0.25, 0.3) is 0 Å². The van der Waals surface area contributed by atoms with Gasteiger partial charge in [0, 0.05) is 25.0 Å². The summed E-state index contributed by atoms with van der Waals surface area (Å²) in [4.78, 5) is 6.75. The Morgan fingerprint density at radius 3 is 2.56 bits per heavy atom. The Morgan fingerprint density at radius 2 is 2.00 bits per heavy atom. The van der Waals surface area contributed by atoms with Gasteiger partial charge in [0.1, 0.15) is 0 Å². The summed E-state index contributed by atoms with van der Waals surface area (Å²) in [5.74, 6) is 0.674. The van der Waals surface area contributed by atoms with E-state index in [-0.39, 0.29) is 0 Å². The van der Waals surface area contributed by atoms with Gasteiger partial charge in [-0.05, 0) is 37.9 Å². The quantitative estimate of drug-likeness (QED) is 0.848. The highest BCUT2D eigenvalue weighted by atomic mass is 15.1. The zero-order valence-electron chi connectivity index (χ0n) is 11.0. The molecule has 0 unspecified atom stereocenters. The Bertz CT molecular complexity index is 358. The SMILES string of the molecule is Cc1cnc(CN(C)CC(C)C)c(C)c1N. The van der Waals surface area contributed by atoms with Crippen molar-refractivity contribution in [3.63, 3.8) is 0 Å². The van der Waals surface area contributed by atoms with Crippen LogP contribution in [-0.2, 0) is 6.54 Å². The average Bonchev–Trinajstić information content (AvgIpc) is 2.18. The maximum Gasteiger partial charge on any atom is 0.0593 e. The van der Waals surface area contributed by atoms with Crippen LogP contribution in [0.4, 0.5) is 5.69 Å². The number of nitrogens with two attached hydrogens (primary N) is 1. The second-order valence-corrected chi connectivity index (χ2v) is 5.02. The molecule has 0 spiro atoms. The van der Waals surface area contributed by atoms with Crippen molar-refractivity contribution in [2.24, 2.45) is 5.92 Å². The second kappa shape index (κ2) is 5.30. The number of pyridine rings is 1. The van der Waals surface area contributed by atoms with Gasteiger partial charge in [0.2, 0.25) is 0 Å². The first kappa shape index (κ1) is 13.0. The van der Waals surface area contributed by atoms with Crippen LogP contribution in [0, 0.1) is 19.8 Å². The van der Waals surface area contributed by atoms with Gasteiger partial charge in [0.05, 0.1) is 5.69 Å². The number of anilines is 1. The normalized spacial score (nSPS) is 11.4. The number of aromatic nitrogens is 1. The molecule has 0 aliphatic heterocycles. The largest absolute Gasteiger partial charge is 0.398 e. The maximum atomic E-state index is 6.00. The molecule has 0 amide bonds. The van der Waals surface area contributed by atoms with E-state index in [9.17, 15) is 0 Å². The lowest BCUT2D eigenvalue weighted by atomic mass is 10.1. The molecule has 3 heteroatoms. The van der Waals surface area contributed by atoms with Crippen molar-refractivity contribution in [3.05, 3.63) is 23.0 Å². The molecule has 0 saturated heterocycles. The Kier molecular flexibility index (Phi) is 4.30. The molecule has 2 N–H and O–H groups in total. The topological polar surface area (TPSA) is 42.2 Å². The molecule has 1 rings (SSSR count). The van der Waals surface area contributed by atoms with Crippen molar-refractivity contribution in [2.45, 2.75) is 34.2 Å². The number of nitrogens with zero attached hydrogens (tertiary/aromatic N) is 2. The summed E-state index contributed by atoms with van der Waals surface area (Å²) in [6.45, 7) is 10.4. The summed E-state index contributed by atoms with van der Waals surface area (Å²) in [6, 6.07) is 0. The van der Waals surface area contributed by atoms with Gasteiger partial charge < -0.3 is 10.6 Å². The van der Waals surface area contributed by atoms with E-state index in [2.05, 4.69) is 30.8 Å². The summed E-state index contributed by atoms with van der Waals surface area (Å²) in [6.07, 6.45) is 1.86. The number of hydrogen-bond acceptors (Lipinski definition) is 3. The molecule has 1 heterocycles. The predicted octanol–water partition coefficient (Wildman–Crippen LogP) is 2.37. The lowest BCUT2D eigenvalue weighted by molar-refractivity contribution is 0.285. The lowest BCUT2D eigenvalue weighted by Crippen LogP contribution is -2.24.